The molecule has 3 atom stereocenters. The summed E-state index contributed by atoms with van der Waals surface area (Å²) in [4.78, 5) is 4.16. The van der Waals surface area contributed by atoms with Crippen LogP contribution in [0.5, 0.6) is 0 Å². The Bertz CT molecular complexity index is 630. The number of nitrogens with zero attached hydrogens (tertiary/aromatic N) is 2. The van der Waals surface area contributed by atoms with Crippen LogP contribution in [0, 0.1) is 11.8 Å². The van der Waals surface area contributed by atoms with E-state index in [1.54, 1.807) is 12.5 Å². The number of hydrogen-bond donors (Lipinski definition) is 2. The largest absolute Gasteiger partial charge is 0.384 e. The van der Waals surface area contributed by atoms with Crippen LogP contribution in [-0.2, 0) is 5.60 Å². The Morgan fingerprint density at radius 2 is 2.00 bits per heavy atom. The van der Waals surface area contributed by atoms with Crippen molar-refractivity contribution in [2.75, 3.05) is 13.1 Å². The highest BCUT2D eigenvalue weighted by Crippen LogP contribution is 2.48. The summed E-state index contributed by atoms with van der Waals surface area (Å²) < 4.78 is 1.93. The van der Waals surface area contributed by atoms with Gasteiger partial charge < -0.3 is 10.4 Å². The van der Waals surface area contributed by atoms with Crippen LogP contribution in [0.1, 0.15) is 18.5 Å². The van der Waals surface area contributed by atoms with Crippen molar-refractivity contribution in [1.82, 2.24) is 14.7 Å². The van der Waals surface area contributed by atoms with Gasteiger partial charge in [-0.05, 0) is 49.9 Å². The van der Waals surface area contributed by atoms with Gasteiger partial charge in [-0.25, -0.2) is 4.98 Å². The first-order chi connectivity index (χ1) is 9.17. The molecule has 2 aromatic heterocycles. The maximum atomic E-state index is 11.1. The molecule has 108 valence electrons. The fourth-order valence-corrected chi connectivity index (χ4v) is 4.15. The van der Waals surface area contributed by atoms with Crippen LogP contribution in [0.3, 0.4) is 0 Å². The van der Waals surface area contributed by atoms with Crippen molar-refractivity contribution in [2.45, 2.75) is 18.4 Å². The molecular weight excluding hydrogens is 297 g/mol. The molecule has 2 aromatic rings. The fraction of sp³-hybridized carbons (Fsp3) is 0.500. The highest BCUT2D eigenvalue weighted by atomic mass is 35.5. The number of fused-ring (bicyclic) bond motifs is 2. The first-order valence-corrected chi connectivity index (χ1v) is 7.09. The van der Waals surface area contributed by atoms with E-state index in [0.717, 1.165) is 37.1 Å². The zero-order valence-corrected chi connectivity index (χ0v) is 12.5. The lowest BCUT2D eigenvalue weighted by atomic mass is 9.94. The van der Waals surface area contributed by atoms with E-state index in [2.05, 4.69) is 10.3 Å². The van der Waals surface area contributed by atoms with Gasteiger partial charge in [-0.1, -0.05) is 11.6 Å². The molecule has 0 spiro atoms. The highest BCUT2D eigenvalue weighted by Gasteiger charge is 2.48. The molecule has 1 aliphatic heterocycles. The standard InChI is InChI=1S/C14H16ClN3O.ClH/c15-12-2-1-11-7-17-8-18(11)13(12)14(19)3-9-5-16-6-10(9)4-14;/h1-2,7-10,16,19H,3-6H2;1H/t9-,10+,14+;. The average Bonchev–Trinajstić information content (AvgIpc) is 3.02. The quantitative estimate of drug-likeness (QED) is 0.849. The summed E-state index contributed by atoms with van der Waals surface area (Å²) in [5.74, 6) is 1.11. The number of imidazole rings is 1. The fourth-order valence-electron chi connectivity index (χ4n) is 3.82. The van der Waals surface area contributed by atoms with E-state index in [4.69, 9.17) is 11.6 Å². The van der Waals surface area contributed by atoms with Gasteiger partial charge in [0.15, 0.2) is 0 Å². The van der Waals surface area contributed by atoms with Gasteiger partial charge in [0.05, 0.1) is 28.8 Å². The lowest BCUT2D eigenvalue weighted by Gasteiger charge is -2.26. The van der Waals surface area contributed by atoms with Gasteiger partial charge in [-0.15, -0.1) is 12.4 Å². The third kappa shape index (κ3) is 1.94. The van der Waals surface area contributed by atoms with E-state index in [1.807, 2.05) is 16.5 Å². The third-order valence-corrected chi connectivity index (χ3v) is 4.96. The molecule has 2 aliphatic rings. The van der Waals surface area contributed by atoms with Crippen LogP contribution in [0.25, 0.3) is 5.52 Å². The molecule has 4 rings (SSSR count). The van der Waals surface area contributed by atoms with Crippen molar-refractivity contribution >= 4 is 29.5 Å². The summed E-state index contributed by atoms with van der Waals surface area (Å²) in [7, 11) is 0. The zero-order chi connectivity index (χ0) is 13.0. The second-order valence-corrected chi connectivity index (χ2v) is 6.24. The molecule has 1 saturated heterocycles. The minimum Gasteiger partial charge on any atom is -0.384 e. The molecule has 1 aliphatic carbocycles. The highest BCUT2D eigenvalue weighted by molar-refractivity contribution is 6.31. The van der Waals surface area contributed by atoms with Crippen LogP contribution >= 0.6 is 24.0 Å². The molecule has 1 saturated carbocycles. The van der Waals surface area contributed by atoms with E-state index >= 15 is 0 Å². The molecule has 6 heteroatoms. The van der Waals surface area contributed by atoms with Gasteiger partial charge >= 0.3 is 0 Å². The van der Waals surface area contributed by atoms with Crippen LogP contribution in [0.15, 0.2) is 24.7 Å². The molecular formula is C14H17Cl2N3O. The van der Waals surface area contributed by atoms with Crippen molar-refractivity contribution in [3.63, 3.8) is 0 Å². The molecule has 4 nitrogen and oxygen atoms in total. The van der Waals surface area contributed by atoms with Crippen molar-refractivity contribution in [2.24, 2.45) is 11.8 Å². The van der Waals surface area contributed by atoms with Crippen LogP contribution in [0.2, 0.25) is 5.02 Å². The molecule has 3 heterocycles. The van der Waals surface area contributed by atoms with Gasteiger partial charge in [-0.3, -0.25) is 4.40 Å². The van der Waals surface area contributed by atoms with Gasteiger partial charge in [0.2, 0.25) is 0 Å². The predicted octanol–water partition coefficient (Wildman–Crippen LogP) is 2.23. The maximum Gasteiger partial charge on any atom is 0.107 e. The number of rotatable bonds is 1. The molecule has 2 N–H and O–H groups in total. The number of pyridine rings is 1. The van der Waals surface area contributed by atoms with Gasteiger partial charge in [0, 0.05) is 0 Å². The average molecular weight is 314 g/mol. The molecule has 0 unspecified atom stereocenters. The van der Waals surface area contributed by atoms with E-state index in [9.17, 15) is 5.11 Å². The van der Waals surface area contributed by atoms with E-state index in [-0.39, 0.29) is 12.4 Å². The van der Waals surface area contributed by atoms with Gasteiger partial charge in [0.1, 0.15) is 5.60 Å². The zero-order valence-electron chi connectivity index (χ0n) is 10.9. The monoisotopic (exact) mass is 313 g/mol. The smallest absolute Gasteiger partial charge is 0.107 e. The van der Waals surface area contributed by atoms with E-state index in [0.29, 0.717) is 16.9 Å². The predicted molar refractivity (Wildman–Crippen MR) is 80.4 cm³/mol. The van der Waals surface area contributed by atoms with Crippen LogP contribution < -0.4 is 5.32 Å². The molecule has 2 fully saturated rings. The second-order valence-electron chi connectivity index (χ2n) is 5.84. The normalized spacial score (nSPS) is 32.3. The van der Waals surface area contributed by atoms with E-state index < -0.39 is 5.60 Å². The minimum atomic E-state index is -0.825. The number of halogens is 2. The Kier molecular flexibility index (Phi) is 3.45. The van der Waals surface area contributed by atoms with Crippen molar-refractivity contribution < 1.29 is 5.11 Å². The Morgan fingerprint density at radius 3 is 2.70 bits per heavy atom. The van der Waals surface area contributed by atoms with E-state index in [1.165, 1.54) is 0 Å². The van der Waals surface area contributed by atoms with Crippen molar-refractivity contribution in [3.8, 4) is 0 Å². The lowest BCUT2D eigenvalue weighted by Crippen LogP contribution is -2.28. The van der Waals surface area contributed by atoms with Gasteiger partial charge in [0.25, 0.3) is 0 Å². The summed E-state index contributed by atoms with van der Waals surface area (Å²) in [6, 6.07) is 3.79. The summed E-state index contributed by atoms with van der Waals surface area (Å²) in [6.45, 7) is 2.01. The summed E-state index contributed by atoms with van der Waals surface area (Å²) in [5.41, 5.74) is 0.955. The Balaban J connectivity index is 0.00000121. The first kappa shape index (κ1) is 14.1. The Labute approximate surface area is 128 Å². The molecule has 0 radical (unpaired) electrons. The summed E-state index contributed by atoms with van der Waals surface area (Å²) >= 11 is 6.36. The number of hydrogen-bond acceptors (Lipinski definition) is 3. The number of aromatic nitrogens is 2. The Hall–Kier alpha value is -0.810. The van der Waals surface area contributed by atoms with Gasteiger partial charge in [-0.2, -0.15) is 0 Å². The minimum absolute atomic E-state index is 0. The molecule has 20 heavy (non-hydrogen) atoms. The topological polar surface area (TPSA) is 49.6 Å². The molecule has 0 bridgehead atoms. The SMILES string of the molecule is Cl.O[C@]1(c2c(Cl)ccc3cncn23)C[C@H]2CNC[C@H]2C1. The first-order valence-electron chi connectivity index (χ1n) is 6.71. The van der Waals surface area contributed by atoms with Crippen molar-refractivity contribution in [1.29, 1.82) is 0 Å². The Morgan fingerprint density at radius 1 is 1.30 bits per heavy atom. The van der Waals surface area contributed by atoms with Crippen molar-refractivity contribution in [3.05, 3.63) is 35.4 Å². The number of aliphatic hydroxyl groups is 1. The summed E-state index contributed by atoms with van der Waals surface area (Å²) in [6.07, 6.45) is 5.09. The second kappa shape index (κ2) is 4.88. The van der Waals surface area contributed by atoms with Crippen LogP contribution in [-0.4, -0.2) is 27.6 Å². The lowest BCUT2D eigenvalue weighted by molar-refractivity contribution is 0.0304. The number of nitrogens with one attached hydrogen (secondary N) is 1. The molecule has 0 amide bonds. The maximum absolute atomic E-state index is 11.1. The molecule has 0 aromatic carbocycles. The van der Waals surface area contributed by atoms with Crippen LogP contribution in [0.4, 0.5) is 0 Å². The summed E-state index contributed by atoms with van der Waals surface area (Å²) in [5, 5.41) is 15.1. The third-order valence-electron chi connectivity index (χ3n) is 4.65.